The lowest BCUT2D eigenvalue weighted by atomic mass is 10.0. The molecule has 2 aromatic rings. The summed E-state index contributed by atoms with van der Waals surface area (Å²) >= 11 is 0. The Hall–Kier alpha value is -2.87. The number of pyridine rings is 1. The summed E-state index contributed by atoms with van der Waals surface area (Å²) in [7, 11) is 1.53. The summed E-state index contributed by atoms with van der Waals surface area (Å²) in [6, 6.07) is 10.1. The predicted octanol–water partition coefficient (Wildman–Crippen LogP) is 2.12. The molecule has 0 saturated heterocycles. The summed E-state index contributed by atoms with van der Waals surface area (Å²) in [5, 5.41) is 8.87. The molecule has 0 radical (unpaired) electrons. The molecule has 1 N–H and O–H groups in total. The highest BCUT2D eigenvalue weighted by atomic mass is 16.5. The lowest BCUT2D eigenvalue weighted by Crippen LogP contribution is -2.14. The molecule has 5 heteroatoms. The van der Waals surface area contributed by atoms with Crippen molar-refractivity contribution < 1.29 is 9.53 Å². The second kappa shape index (κ2) is 5.41. The summed E-state index contributed by atoms with van der Waals surface area (Å²) < 4.78 is 5.12. The number of carbonyl (C=O) groups excluding carboxylic acids is 1. The predicted molar refractivity (Wildman–Crippen MR) is 73.8 cm³/mol. The summed E-state index contributed by atoms with van der Waals surface area (Å²) in [5.41, 5.74) is 0.739. The maximum Gasteiger partial charge on any atom is 0.266 e. The average Bonchev–Trinajstić information content (AvgIpc) is 2.46. The van der Waals surface area contributed by atoms with Crippen molar-refractivity contribution in [3.05, 3.63) is 51.8 Å². The van der Waals surface area contributed by atoms with Crippen LogP contribution in [-0.4, -0.2) is 17.9 Å². The van der Waals surface area contributed by atoms with Gasteiger partial charge in [-0.15, -0.1) is 0 Å². The van der Waals surface area contributed by atoms with E-state index in [4.69, 9.17) is 10.00 Å². The van der Waals surface area contributed by atoms with Crippen molar-refractivity contribution in [3.8, 4) is 23.1 Å². The minimum absolute atomic E-state index is 0.0816. The zero-order valence-electron chi connectivity index (χ0n) is 11.1. The van der Waals surface area contributed by atoms with Crippen molar-refractivity contribution >= 4 is 5.78 Å². The number of nitriles is 1. The van der Waals surface area contributed by atoms with Crippen molar-refractivity contribution in [1.82, 2.24) is 4.98 Å². The molecule has 0 aliphatic carbocycles. The largest absolute Gasteiger partial charge is 0.497 e. The van der Waals surface area contributed by atoms with Gasteiger partial charge in [-0.3, -0.25) is 9.59 Å². The number of nitrogens with zero attached hydrogens (tertiary/aromatic N) is 1. The minimum atomic E-state index is -0.518. The van der Waals surface area contributed by atoms with Crippen LogP contribution in [-0.2, 0) is 0 Å². The van der Waals surface area contributed by atoms with Crippen LogP contribution in [0.5, 0.6) is 5.75 Å². The van der Waals surface area contributed by atoms with E-state index in [-0.39, 0.29) is 11.3 Å². The minimum Gasteiger partial charge on any atom is -0.497 e. The lowest BCUT2D eigenvalue weighted by molar-refractivity contribution is 0.101. The maximum atomic E-state index is 11.8. The molecular formula is C15H12N2O3. The van der Waals surface area contributed by atoms with Gasteiger partial charge in [-0.25, -0.2) is 0 Å². The number of nitrogens with one attached hydrogen (secondary N) is 1. The SMILES string of the molecule is COc1cccc(-c2[nH]c(=O)c(C#N)cc2C(C)=O)c1. The standard InChI is InChI=1S/C15H12N2O3/c1-9(18)13-7-11(8-16)15(19)17-14(13)10-4-3-5-12(6-10)20-2/h3-7H,1-2H3,(H,17,19). The Morgan fingerprint density at radius 3 is 2.70 bits per heavy atom. The molecule has 100 valence electrons. The van der Waals surface area contributed by atoms with E-state index in [0.29, 0.717) is 22.6 Å². The zero-order chi connectivity index (χ0) is 14.7. The molecule has 2 rings (SSSR count). The van der Waals surface area contributed by atoms with Gasteiger partial charge in [-0.1, -0.05) is 12.1 Å². The highest BCUT2D eigenvalue weighted by Gasteiger charge is 2.14. The van der Waals surface area contributed by atoms with Crippen molar-refractivity contribution in [1.29, 1.82) is 5.26 Å². The number of rotatable bonds is 3. The number of aromatic amines is 1. The van der Waals surface area contributed by atoms with Crippen LogP contribution in [0, 0.1) is 11.3 Å². The molecule has 0 amide bonds. The Morgan fingerprint density at radius 2 is 2.10 bits per heavy atom. The fraction of sp³-hybridized carbons (Fsp3) is 0.133. The molecule has 0 unspecified atom stereocenters. The van der Waals surface area contributed by atoms with E-state index in [0.717, 1.165) is 0 Å². The van der Waals surface area contributed by atoms with Crippen molar-refractivity contribution in [3.63, 3.8) is 0 Å². The highest BCUT2D eigenvalue weighted by Crippen LogP contribution is 2.25. The molecule has 0 aliphatic rings. The number of hydrogen-bond acceptors (Lipinski definition) is 4. The number of aromatic nitrogens is 1. The summed E-state index contributed by atoms with van der Waals surface area (Å²) in [5.74, 6) is 0.387. The highest BCUT2D eigenvalue weighted by molar-refractivity contribution is 6.00. The van der Waals surface area contributed by atoms with Crippen molar-refractivity contribution in [2.45, 2.75) is 6.92 Å². The number of ketones is 1. The number of benzene rings is 1. The topological polar surface area (TPSA) is 82.9 Å². The van der Waals surface area contributed by atoms with E-state index >= 15 is 0 Å². The fourth-order valence-electron chi connectivity index (χ4n) is 1.90. The van der Waals surface area contributed by atoms with Crippen LogP contribution in [0.3, 0.4) is 0 Å². The smallest absolute Gasteiger partial charge is 0.266 e. The van der Waals surface area contributed by atoms with Gasteiger partial charge in [0.1, 0.15) is 17.4 Å². The molecule has 0 aliphatic heterocycles. The first-order valence-corrected chi connectivity index (χ1v) is 5.89. The summed E-state index contributed by atoms with van der Waals surface area (Å²) in [4.78, 5) is 26.1. The van der Waals surface area contributed by atoms with Gasteiger partial charge in [0.25, 0.3) is 5.56 Å². The van der Waals surface area contributed by atoms with Crippen LogP contribution in [0.4, 0.5) is 0 Å². The zero-order valence-corrected chi connectivity index (χ0v) is 11.1. The quantitative estimate of drug-likeness (QED) is 0.864. The molecular weight excluding hydrogens is 256 g/mol. The number of H-pyrrole nitrogens is 1. The number of Topliss-reactive ketones (excluding diaryl/α,β-unsaturated/α-hetero) is 1. The second-order valence-corrected chi connectivity index (χ2v) is 4.20. The average molecular weight is 268 g/mol. The van der Waals surface area contributed by atoms with Gasteiger partial charge >= 0.3 is 0 Å². The fourth-order valence-corrected chi connectivity index (χ4v) is 1.90. The van der Waals surface area contributed by atoms with Crippen LogP contribution in [0.2, 0.25) is 0 Å². The Kier molecular flexibility index (Phi) is 3.67. The number of carbonyl (C=O) groups is 1. The van der Waals surface area contributed by atoms with Crippen LogP contribution in [0.15, 0.2) is 35.1 Å². The molecule has 0 bridgehead atoms. The van der Waals surface area contributed by atoms with Crippen LogP contribution in [0.1, 0.15) is 22.8 Å². The molecule has 0 fully saturated rings. The van der Waals surface area contributed by atoms with Crippen LogP contribution in [0.25, 0.3) is 11.3 Å². The van der Waals surface area contributed by atoms with E-state index in [1.54, 1.807) is 30.3 Å². The van der Waals surface area contributed by atoms with Gasteiger partial charge < -0.3 is 9.72 Å². The Labute approximate surface area is 115 Å². The Bertz CT molecular complexity index is 769. The molecule has 1 heterocycles. The van der Waals surface area contributed by atoms with Gasteiger partial charge in [0, 0.05) is 11.1 Å². The third-order valence-electron chi connectivity index (χ3n) is 2.90. The van der Waals surface area contributed by atoms with Gasteiger partial charge in [0.05, 0.1) is 12.8 Å². The van der Waals surface area contributed by atoms with E-state index < -0.39 is 5.56 Å². The van der Waals surface area contributed by atoms with Crippen LogP contribution >= 0.6 is 0 Å². The van der Waals surface area contributed by atoms with Gasteiger partial charge in [0.15, 0.2) is 5.78 Å². The summed E-state index contributed by atoms with van der Waals surface area (Å²) in [6.45, 7) is 1.39. The maximum absolute atomic E-state index is 11.8. The van der Waals surface area contributed by atoms with E-state index in [9.17, 15) is 9.59 Å². The first-order valence-electron chi connectivity index (χ1n) is 5.89. The van der Waals surface area contributed by atoms with E-state index in [1.807, 2.05) is 0 Å². The van der Waals surface area contributed by atoms with Crippen LogP contribution < -0.4 is 10.3 Å². The second-order valence-electron chi connectivity index (χ2n) is 4.20. The molecule has 5 nitrogen and oxygen atoms in total. The first-order chi connectivity index (χ1) is 9.56. The third-order valence-corrected chi connectivity index (χ3v) is 2.90. The van der Waals surface area contributed by atoms with Gasteiger partial charge in [-0.2, -0.15) is 5.26 Å². The molecule has 20 heavy (non-hydrogen) atoms. The number of ether oxygens (including phenoxy) is 1. The van der Waals surface area contributed by atoms with E-state index in [2.05, 4.69) is 4.98 Å². The number of methoxy groups -OCH3 is 1. The lowest BCUT2D eigenvalue weighted by Gasteiger charge is -2.09. The monoisotopic (exact) mass is 268 g/mol. The molecule has 0 saturated carbocycles. The summed E-state index contributed by atoms with van der Waals surface area (Å²) in [6.07, 6.45) is 0. The first kappa shape index (κ1) is 13.6. The molecule has 0 atom stereocenters. The Morgan fingerprint density at radius 1 is 1.35 bits per heavy atom. The molecule has 0 spiro atoms. The van der Waals surface area contributed by atoms with Crippen molar-refractivity contribution in [2.75, 3.05) is 7.11 Å². The number of hydrogen-bond donors (Lipinski definition) is 1. The molecule has 1 aromatic carbocycles. The molecule has 1 aromatic heterocycles. The van der Waals surface area contributed by atoms with Gasteiger partial charge in [0.2, 0.25) is 0 Å². The Balaban J connectivity index is 2.72. The normalized spacial score (nSPS) is 9.85. The van der Waals surface area contributed by atoms with Gasteiger partial charge in [-0.05, 0) is 25.1 Å². The van der Waals surface area contributed by atoms with E-state index in [1.165, 1.54) is 20.1 Å². The van der Waals surface area contributed by atoms with Crippen molar-refractivity contribution in [2.24, 2.45) is 0 Å². The third kappa shape index (κ3) is 2.45.